The molecular formula is C26H52N8O15. The van der Waals surface area contributed by atoms with E-state index in [1.165, 1.54) is 0 Å². The van der Waals surface area contributed by atoms with Gasteiger partial charge < -0.3 is 104 Å². The topological polar surface area (TPSA) is 406 Å². The lowest BCUT2D eigenvalue weighted by atomic mass is 9.83. The number of carbonyl (C=O) groups is 1. The van der Waals surface area contributed by atoms with Crippen LogP contribution in [0, 0.1) is 0 Å². The lowest BCUT2D eigenvalue weighted by molar-refractivity contribution is -0.307. The summed E-state index contributed by atoms with van der Waals surface area (Å²) in [6.07, 6.45) is -21.8. The van der Waals surface area contributed by atoms with Crippen LogP contribution in [-0.2, 0) is 28.4 Å². The second-order valence-corrected chi connectivity index (χ2v) is 12.6. The van der Waals surface area contributed by atoms with Gasteiger partial charge in [0, 0.05) is 25.7 Å². The zero-order chi connectivity index (χ0) is 36.3. The number of nitrogens with zero attached hydrogens (tertiary/aromatic N) is 1. The van der Waals surface area contributed by atoms with Gasteiger partial charge in [0.25, 0.3) is 0 Å². The van der Waals surface area contributed by atoms with Gasteiger partial charge in [-0.2, -0.15) is 0 Å². The molecule has 0 spiro atoms. The summed E-state index contributed by atoms with van der Waals surface area (Å²) < 4.78 is 34.9. The van der Waals surface area contributed by atoms with E-state index in [1.54, 1.807) is 0 Å². The van der Waals surface area contributed by atoms with E-state index in [-0.39, 0.29) is 32.6 Å². The van der Waals surface area contributed by atoms with Crippen molar-refractivity contribution in [3.8, 4) is 0 Å². The van der Waals surface area contributed by atoms with Crippen LogP contribution < -0.4 is 39.7 Å². The number of nitrogens with two attached hydrogens (primary N) is 6. The molecule has 0 aromatic carbocycles. The highest BCUT2D eigenvalue weighted by Gasteiger charge is 2.55. The van der Waals surface area contributed by atoms with Crippen LogP contribution in [-0.4, -0.2) is 201 Å². The molecule has 3 heterocycles. The largest absolute Gasteiger partial charge is 0.394 e. The first-order valence-corrected chi connectivity index (χ1v) is 15.9. The molecule has 0 unspecified atom stereocenters. The van der Waals surface area contributed by atoms with E-state index in [0.29, 0.717) is 5.06 Å². The minimum atomic E-state index is -1.73. The van der Waals surface area contributed by atoms with Crippen molar-refractivity contribution in [2.24, 2.45) is 34.4 Å². The third kappa shape index (κ3) is 8.58. The molecule has 3 aliphatic heterocycles. The molecular weight excluding hydrogens is 664 g/mol. The fourth-order valence-electron chi connectivity index (χ4n) is 6.31. The average molecular weight is 717 g/mol. The minimum Gasteiger partial charge on any atom is -0.394 e. The molecule has 0 radical (unpaired) electrons. The number of nitrogens with one attached hydrogen (secondary N) is 1. The summed E-state index contributed by atoms with van der Waals surface area (Å²) in [5.41, 5.74) is 35.2. The number of aliphatic hydroxyl groups is 7. The maximum absolute atomic E-state index is 12.6. The molecule has 21 N–H and O–H groups in total. The van der Waals surface area contributed by atoms with Crippen LogP contribution in [0.2, 0.25) is 0 Å². The summed E-state index contributed by atoms with van der Waals surface area (Å²) in [6.45, 7) is -1.46. The molecule has 0 bridgehead atoms. The highest BCUT2D eigenvalue weighted by Crippen LogP contribution is 2.34. The smallest absolute Gasteiger partial charge is 0.341 e. The number of hydrogen-bond acceptors (Lipinski definition) is 21. The predicted molar refractivity (Wildman–Crippen MR) is 160 cm³/mol. The summed E-state index contributed by atoms with van der Waals surface area (Å²) in [5.74, 6) is 0. The van der Waals surface area contributed by atoms with Gasteiger partial charge >= 0.3 is 6.03 Å². The second kappa shape index (κ2) is 17.3. The van der Waals surface area contributed by atoms with Gasteiger partial charge in [-0.05, 0) is 6.42 Å². The van der Waals surface area contributed by atoms with Crippen molar-refractivity contribution in [3.05, 3.63) is 0 Å². The maximum Gasteiger partial charge on any atom is 0.341 e. The summed E-state index contributed by atoms with van der Waals surface area (Å²) in [7, 11) is 0. The van der Waals surface area contributed by atoms with Crippen LogP contribution in [0.5, 0.6) is 0 Å². The Morgan fingerprint density at radius 2 is 1.18 bits per heavy atom. The number of aliphatic hydroxyl groups excluding tert-OH is 7. The Hall–Kier alpha value is -1.53. The first-order chi connectivity index (χ1) is 23.2. The number of hydrogen-bond donors (Lipinski definition) is 15. The molecule has 0 aromatic heterocycles. The van der Waals surface area contributed by atoms with Crippen LogP contribution in [0.3, 0.4) is 0 Å². The standard InChI is InChI=1S/C26H52N8O15/c27-1-2-34(43)26(42)33-8-3-7(30)20(47-23-12(31)17(39)15(37)9(4-28)44-23)22(14(8)36)49-25-19(41)21(11(6-35)46-25)48-24-13(32)18(40)16(38)10(5-29)45-24/h7-25,35-41,43H,1-6,27-32H2,(H,33,42)/t7-,8+,9+,10-,11+,12+,13+,14-,15-,16+,17-,18+,19+,20+,21+,22+,23+,24+,25-/m0/s1. The summed E-state index contributed by atoms with van der Waals surface area (Å²) in [5, 5.41) is 86.9. The Labute approximate surface area is 280 Å². The Morgan fingerprint density at radius 1 is 0.694 bits per heavy atom. The highest BCUT2D eigenvalue weighted by molar-refractivity contribution is 5.73. The van der Waals surface area contributed by atoms with Gasteiger partial charge in [0.05, 0.1) is 31.3 Å². The fraction of sp³-hybridized carbons (Fsp3) is 0.962. The van der Waals surface area contributed by atoms with Crippen LogP contribution in [0.1, 0.15) is 6.42 Å². The zero-order valence-electron chi connectivity index (χ0n) is 26.6. The van der Waals surface area contributed by atoms with Crippen LogP contribution in [0.4, 0.5) is 4.79 Å². The highest BCUT2D eigenvalue weighted by atomic mass is 16.8. The van der Waals surface area contributed by atoms with Crippen LogP contribution in [0.15, 0.2) is 0 Å². The number of carbonyl (C=O) groups excluding carboxylic acids is 1. The molecule has 1 saturated carbocycles. The van der Waals surface area contributed by atoms with E-state index in [0.717, 1.165) is 0 Å². The predicted octanol–water partition coefficient (Wildman–Crippen LogP) is -9.49. The Balaban J connectivity index is 1.57. The first kappa shape index (κ1) is 40.2. The summed E-state index contributed by atoms with van der Waals surface area (Å²) in [6, 6.07) is -5.90. The third-order valence-corrected chi connectivity index (χ3v) is 9.21. The molecule has 4 fully saturated rings. The quantitative estimate of drug-likeness (QED) is 0.0658. The zero-order valence-corrected chi connectivity index (χ0v) is 26.6. The van der Waals surface area contributed by atoms with E-state index in [1.807, 2.05) is 0 Å². The molecule has 19 atom stereocenters. The normalized spacial score (nSPS) is 47.6. The third-order valence-electron chi connectivity index (χ3n) is 9.21. The van der Waals surface area contributed by atoms with Gasteiger partial charge in [0.2, 0.25) is 0 Å². The molecule has 1 aliphatic carbocycles. The molecule has 4 aliphatic rings. The van der Waals surface area contributed by atoms with Crippen molar-refractivity contribution in [1.82, 2.24) is 10.4 Å². The van der Waals surface area contributed by atoms with E-state index in [2.05, 4.69) is 5.32 Å². The lowest BCUT2D eigenvalue weighted by Crippen LogP contribution is -2.69. The van der Waals surface area contributed by atoms with Crippen LogP contribution in [0.25, 0.3) is 0 Å². The number of amides is 2. The van der Waals surface area contributed by atoms with Crippen molar-refractivity contribution < 1.29 is 74.2 Å². The summed E-state index contributed by atoms with van der Waals surface area (Å²) in [4.78, 5) is 12.6. The minimum absolute atomic E-state index is 0.0698. The van der Waals surface area contributed by atoms with Gasteiger partial charge in [-0.3, -0.25) is 5.21 Å². The van der Waals surface area contributed by atoms with Crippen molar-refractivity contribution in [2.75, 3.05) is 32.8 Å². The Bertz CT molecular complexity index is 1060. The van der Waals surface area contributed by atoms with Gasteiger partial charge in [0.15, 0.2) is 18.9 Å². The molecule has 49 heavy (non-hydrogen) atoms. The fourth-order valence-corrected chi connectivity index (χ4v) is 6.31. The van der Waals surface area contributed by atoms with E-state index >= 15 is 0 Å². The molecule has 2 amide bonds. The number of ether oxygens (including phenoxy) is 6. The van der Waals surface area contributed by atoms with Crippen molar-refractivity contribution in [3.63, 3.8) is 0 Å². The van der Waals surface area contributed by atoms with Gasteiger partial charge in [-0.25, -0.2) is 9.86 Å². The maximum atomic E-state index is 12.6. The van der Waals surface area contributed by atoms with Crippen molar-refractivity contribution >= 4 is 6.03 Å². The monoisotopic (exact) mass is 716 g/mol. The molecule has 286 valence electrons. The molecule has 3 saturated heterocycles. The molecule has 0 aromatic rings. The number of urea groups is 1. The van der Waals surface area contributed by atoms with Crippen molar-refractivity contribution in [1.29, 1.82) is 0 Å². The SMILES string of the molecule is NCCN(O)C(=O)N[C@@H]1C[C@H](N)[C@@H](O[C@H]2O[C@H](CN)[C@H](O)[C@@H](O)[C@H]2N)[C@H](O[C@@H]2O[C@H](CO)[C@@H](O[C@H]3O[C@@H](CN)[C@@H](O)[C@H](O)[C@H]3N)[C@H]2O)[C@H]1O. The van der Waals surface area contributed by atoms with Gasteiger partial charge in [-0.15, -0.1) is 0 Å². The van der Waals surface area contributed by atoms with Gasteiger partial charge in [0.1, 0.15) is 73.2 Å². The molecule has 23 heteroatoms. The van der Waals surface area contributed by atoms with E-state index < -0.39 is 129 Å². The van der Waals surface area contributed by atoms with E-state index in [9.17, 15) is 45.7 Å². The van der Waals surface area contributed by atoms with Crippen LogP contribution >= 0.6 is 0 Å². The van der Waals surface area contributed by atoms with E-state index in [4.69, 9.17) is 62.8 Å². The molecule has 23 nitrogen and oxygen atoms in total. The Morgan fingerprint density at radius 3 is 1.67 bits per heavy atom. The lowest BCUT2D eigenvalue weighted by Gasteiger charge is -2.48. The second-order valence-electron chi connectivity index (χ2n) is 12.6. The van der Waals surface area contributed by atoms with Gasteiger partial charge in [-0.1, -0.05) is 0 Å². The first-order valence-electron chi connectivity index (χ1n) is 15.9. The van der Waals surface area contributed by atoms with Crippen molar-refractivity contribution in [2.45, 2.75) is 123 Å². The number of rotatable bonds is 12. The Kier molecular flexibility index (Phi) is 14.2. The summed E-state index contributed by atoms with van der Waals surface area (Å²) >= 11 is 0. The average Bonchev–Trinajstić information content (AvgIpc) is 3.38. The number of hydroxylamine groups is 2. The molecule has 4 rings (SSSR count).